The average molecular weight is 451 g/mol. The molecule has 1 aliphatic rings. The molecule has 144 valence electrons. The van der Waals surface area contributed by atoms with Gasteiger partial charge in [-0.3, -0.25) is 14.1 Å². The first kappa shape index (κ1) is 20.2. The number of carbonyl (C=O) groups is 2. The van der Waals surface area contributed by atoms with Crippen LogP contribution in [0.1, 0.15) is 16.9 Å². The van der Waals surface area contributed by atoms with Crippen LogP contribution in [-0.2, 0) is 14.9 Å². The lowest BCUT2D eigenvalue weighted by Gasteiger charge is -2.24. The van der Waals surface area contributed by atoms with Gasteiger partial charge in [0, 0.05) is 30.2 Å². The highest BCUT2D eigenvalue weighted by atomic mass is 79.9. The van der Waals surface area contributed by atoms with E-state index in [4.69, 9.17) is 16.0 Å². The Kier molecular flexibility index (Phi) is 6.26. The summed E-state index contributed by atoms with van der Waals surface area (Å²) in [4.78, 5) is 32.4. The van der Waals surface area contributed by atoms with Crippen molar-refractivity contribution in [1.82, 2.24) is 15.2 Å². The van der Waals surface area contributed by atoms with Crippen LogP contribution in [0.2, 0.25) is 0 Å². The average Bonchev–Trinajstić information content (AvgIpc) is 3.07. The van der Waals surface area contributed by atoms with E-state index in [0.29, 0.717) is 10.2 Å². The number of aromatic amines is 1. The summed E-state index contributed by atoms with van der Waals surface area (Å²) in [7, 11) is -4.25. The number of likely N-dealkylation sites (tertiary alicyclic amines) is 1. The molecule has 11 nitrogen and oxygen atoms in total. The van der Waals surface area contributed by atoms with Gasteiger partial charge in [0.15, 0.2) is 5.96 Å². The third kappa shape index (κ3) is 5.44. The van der Waals surface area contributed by atoms with Crippen LogP contribution in [0, 0.1) is 0 Å². The molecule has 2 atom stereocenters. The third-order valence-electron chi connectivity index (χ3n) is 3.79. The van der Waals surface area contributed by atoms with Gasteiger partial charge >= 0.3 is 0 Å². The number of hydrogen-bond donors (Lipinski definition) is 5. The summed E-state index contributed by atoms with van der Waals surface area (Å²) in [5.41, 5.74) is 10.9. The predicted molar refractivity (Wildman–Crippen MR) is 97.0 cm³/mol. The number of hydrogen-bond acceptors (Lipinski definition) is 5. The fraction of sp³-hybridized carbons (Fsp3) is 0.462. The van der Waals surface area contributed by atoms with Crippen molar-refractivity contribution in [2.24, 2.45) is 16.5 Å². The van der Waals surface area contributed by atoms with Crippen LogP contribution in [0.25, 0.3) is 0 Å². The molecule has 1 fully saturated rings. The Morgan fingerprint density at radius 3 is 2.73 bits per heavy atom. The van der Waals surface area contributed by atoms with Crippen molar-refractivity contribution in [3.8, 4) is 0 Å². The zero-order chi connectivity index (χ0) is 19.5. The Morgan fingerprint density at radius 2 is 2.19 bits per heavy atom. The highest BCUT2D eigenvalue weighted by molar-refractivity contribution is 9.10. The fourth-order valence-corrected chi connectivity index (χ4v) is 3.42. The minimum Gasteiger partial charge on any atom is -0.370 e. The summed E-state index contributed by atoms with van der Waals surface area (Å²) in [5, 5.41) is 2.67. The number of aliphatic imine (C=N–C) groups is 1. The van der Waals surface area contributed by atoms with Gasteiger partial charge in [-0.2, -0.15) is 8.42 Å². The molecule has 0 bridgehead atoms. The molecule has 26 heavy (non-hydrogen) atoms. The zero-order valence-electron chi connectivity index (χ0n) is 13.6. The summed E-state index contributed by atoms with van der Waals surface area (Å²) in [6.45, 7) is -0.161. The van der Waals surface area contributed by atoms with Gasteiger partial charge in [-0.1, -0.05) is 0 Å². The topological polar surface area (TPSA) is 184 Å². The van der Waals surface area contributed by atoms with Crippen LogP contribution in [0.3, 0.4) is 0 Å². The highest BCUT2D eigenvalue weighted by Gasteiger charge is 2.39. The van der Waals surface area contributed by atoms with Crippen LogP contribution in [-0.4, -0.2) is 71.6 Å². The van der Waals surface area contributed by atoms with E-state index in [2.05, 4.69) is 31.2 Å². The maximum absolute atomic E-state index is 12.4. The van der Waals surface area contributed by atoms with Crippen molar-refractivity contribution >= 4 is 43.8 Å². The fourth-order valence-electron chi connectivity index (χ4n) is 2.65. The Balaban J connectivity index is 2.07. The zero-order valence-corrected chi connectivity index (χ0v) is 16.0. The quantitative estimate of drug-likeness (QED) is 0.192. The number of guanidine groups is 1. The van der Waals surface area contributed by atoms with Crippen molar-refractivity contribution < 1.29 is 22.6 Å². The van der Waals surface area contributed by atoms with Crippen molar-refractivity contribution in [3.63, 3.8) is 0 Å². The van der Waals surface area contributed by atoms with Crippen molar-refractivity contribution in [1.29, 1.82) is 0 Å². The Bertz CT molecular complexity index is 819. The van der Waals surface area contributed by atoms with Gasteiger partial charge in [0.2, 0.25) is 5.91 Å². The van der Waals surface area contributed by atoms with Crippen LogP contribution >= 0.6 is 15.9 Å². The monoisotopic (exact) mass is 450 g/mol. The molecule has 2 heterocycles. The van der Waals surface area contributed by atoms with E-state index in [1.54, 1.807) is 12.3 Å². The van der Waals surface area contributed by atoms with Gasteiger partial charge in [-0.15, -0.1) is 0 Å². The number of rotatable bonds is 7. The second-order valence-corrected chi connectivity index (χ2v) is 8.21. The molecule has 2 rings (SSSR count). The maximum Gasteiger partial charge on any atom is 0.267 e. The summed E-state index contributed by atoms with van der Waals surface area (Å²) >= 11 is 3.22. The predicted octanol–water partition coefficient (Wildman–Crippen LogP) is -1.36. The molecule has 0 radical (unpaired) electrons. The van der Waals surface area contributed by atoms with Crippen LogP contribution in [0.5, 0.6) is 0 Å². The smallest absolute Gasteiger partial charge is 0.267 e. The van der Waals surface area contributed by atoms with E-state index >= 15 is 0 Å². The SMILES string of the molecule is NC(N)=NC1CC(CNC(=O)c2cc(Br)c[nH]2)N(CCS(=O)(=O)O)C1=O. The summed E-state index contributed by atoms with van der Waals surface area (Å²) in [5.74, 6) is -1.74. The van der Waals surface area contributed by atoms with Gasteiger partial charge < -0.3 is 26.7 Å². The summed E-state index contributed by atoms with van der Waals surface area (Å²) < 4.78 is 31.6. The molecule has 0 saturated carbocycles. The Morgan fingerprint density at radius 1 is 1.50 bits per heavy atom. The van der Waals surface area contributed by atoms with Crippen LogP contribution < -0.4 is 16.8 Å². The number of nitrogens with zero attached hydrogens (tertiary/aromatic N) is 2. The first-order chi connectivity index (χ1) is 12.1. The van der Waals surface area contributed by atoms with Gasteiger partial charge in [-0.05, 0) is 22.0 Å². The standard InChI is InChI=1S/C13H19BrN6O5S/c14-7-3-9(17-5-7)11(21)18-6-8-4-10(19-13(15)16)12(22)20(8)1-2-26(23,24)25/h3,5,8,10,17H,1-2,4,6H2,(H,18,21)(H4,15,16,19)(H,23,24,25). The minimum atomic E-state index is -4.25. The summed E-state index contributed by atoms with van der Waals surface area (Å²) in [6, 6.07) is 0.218. The largest absolute Gasteiger partial charge is 0.370 e. The van der Waals surface area contributed by atoms with E-state index in [-0.39, 0.29) is 31.4 Å². The van der Waals surface area contributed by atoms with Gasteiger partial charge in [0.25, 0.3) is 16.0 Å². The number of halogens is 1. The lowest BCUT2D eigenvalue weighted by Crippen LogP contribution is -2.44. The van der Waals surface area contributed by atoms with Gasteiger partial charge in [0.05, 0.1) is 11.8 Å². The Hall–Kier alpha value is -2.12. The minimum absolute atomic E-state index is 0.0726. The third-order valence-corrected chi connectivity index (χ3v) is 4.95. The molecule has 2 unspecified atom stereocenters. The molecule has 1 aromatic rings. The number of nitrogens with one attached hydrogen (secondary N) is 2. The molecule has 1 saturated heterocycles. The van der Waals surface area contributed by atoms with Crippen molar-refractivity contribution in [2.75, 3.05) is 18.8 Å². The second-order valence-electron chi connectivity index (χ2n) is 5.72. The molecule has 7 N–H and O–H groups in total. The van der Waals surface area contributed by atoms with Gasteiger partial charge in [0.1, 0.15) is 11.7 Å². The second kappa shape index (κ2) is 8.05. The Labute approximate surface area is 158 Å². The van der Waals surface area contributed by atoms with Crippen LogP contribution in [0.15, 0.2) is 21.7 Å². The summed E-state index contributed by atoms with van der Waals surface area (Å²) in [6.07, 6.45) is 1.80. The number of nitrogens with two attached hydrogens (primary N) is 2. The van der Waals surface area contributed by atoms with E-state index in [1.165, 1.54) is 4.90 Å². The molecule has 0 aliphatic carbocycles. The normalized spacial score (nSPS) is 20.2. The number of H-pyrrole nitrogens is 1. The molecule has 2 amide bonds. The van der Waals surface area contributed by atoms with Gasteiger partial charge in [-0.25, -0.2) is 4.99 Å². The number of carbonyl (C=O) groups excluding carboxylic acids is 2. The molecule has 0 spiro atoms. The maximum atomic E-state index is 12.4. The molecular formula is C13H19BrN6O5S. The lowest BCUT2D eigenvalue weighted by molar-refractivity contribution is -0.129. The van der Waals surface area contributed by atoms with Crippen molar-refractivity contribution in [3.05, 3.63) is 22.4 Å². The van der Waals surface area contributed by atoms with E-state index in [0.717, 1.165) is 0 Å². The van der Waals surface area contributed by atoms with E-state index < -0.39 is 33.9 Å². The molecule has 1 aliphatic heterocycles. The molecule has 0 aromatic carbocycles. The molecular weight excluding hydrogens is 432 g/mol. The van der Waals surface area contributed by atoms with E-state index in [1.807, 2.05) is 0 Å². The number of amides is 2. The van der Waals surface area contributed by atoms with E-state index in [9.17, 15) is 18.0 Å². The van der Waals surface area contributed by atoms with Crippen LogP contribution in [0.4, 0.5) is 0 Å². The molecule has 1 aromatic heterocycles. The van der Waals surface area contributed by atoms with Crippen molar-refractivity contribution in [2.45, 2.75) is 18.5 Å². The lowest BCUT2D eigenvalue weighted by atomic mass is 10.1. The first-order valence-corrected chi connectivity index (χ1v) is 9.93. The highest BCUT2D eigenvalue weighted by Crippen LogP contribution is 2.22. The number of aromatic nitrogens is 1. The molecule has 13 heteroatoms. The first-order valence-electron chi connectivity index (χ1n) is 7.53.